The molecule has 0 fully saturated rings. The van der Waals surface area contributed by atoms with Gasteiger partial charge in [-0.25, -0.2) is 0 Å². The minimum atomic E-state index is -3.17. The summed E-state index contributed by atoms with van der Waals surface area (Å²) in [6.07, 6.45) is 7.83. The molecule has 22 heavy (non-hydrogen) atoms. The van der Waals surface area contributed by atoms with E-state index in [0.29, 0.717) is 13.2 Å². The molecule has 0 rings (SSSR count). The fourth-order valence-corrected chi connectivity index (χ4v) is 4.51. The van der Waals surface area contributed by atoms with Crippen molar-refractivity contribution in [3.05, 3.63) is 0 Å². The van der Waals surface area contributed by atoms with Gasteiger partial charge in [0.25, 0.3) is 0 Å². The molecule has 0 aromatic heterocycles. The summed E-state index contributed by atoms with van der Waals surface area (Å²) in [5.41, 5.74) is 0. The van der Waals surface area contributed by atoms with E-state index in [1.165, 1.54) is 0 Å². The Kier molecular flexibility index (Phi) is 12.6. The molecule has 0 spiro atoms. The fraction of sp³-hybridized carbons (Fsp3) is 1.00. The minimum absolute atomic E-state index is 0.509. The van der Waals surface area contributed by atoms with E-state index < -0.39 is 12.9 Å². The van der Waals surface area contributed by atoms with Crippen LogP contribution in [0.3, 0.4) is 0 Å². The largest absolute Gasteiger partial charge is 0.350 e. The molecule has 0 aliphatic heterocycles. The van der Waals surface area contributed by atoms with Crippen molar-refractivity contribution in [2.24, 2.45) is 0 Å². The third-order valence-electron chi connectivity index (χ3n) is 3.90. The van der Waals surface area contributed by atoms with Gasteiger partial charge in [0.1, 0.15) is 5.28 Å². The summed E-state index contributed by atoms with van der Waals surface area (Å²) in [7, 11) is -3.17. The van der Waals surface area contributed by atoms with Crippen LogP contribution in [0.25, 0.3) is 0 Å². The standard InChI is InChI=1S/C17H38NO3P/c1-6-10-14-18-17(5,13-9-4)22(19,20-15-11-7-2)21-16-12-8-3/h18H,6-16H2,1-5H3. The molecule has 0 aliphatic carbocycles. The highest BCUT2D eigenvalue weighted by Crippen LogP contribution is 2.60. The van der Waals surface area contributed by atoms with E-state index in [1.807, 2.05) is 6.92 Å². The second kappa shape index (κ2) is 12.5. The van der Waals surface area contributed by atoms with Crippen molar-refractivity contribution in [3.63, 3.8) is 0 Å². The molecule has 0 radical (unpaired) electrons. The van der Waals surface area contributed by atoms with E-state index >= 15 is 0 Å². The first-order valence-corrected chi connectivity index (χ1v) is 10.7. The predicted octanol–water partition coefficient (Wildman–Crippen LogP) is 5.72. The molecule has 0 amide bonds. The molecule has 1 unspecified atom stereocenters. The lowest BCUT2D eigenvalue weighted by atomic mass is 10.2. The fourth-order valence-electron chi connectivity index (χ4n) is 2.32. The van der Waals surface area contributed by atoms with Gasteiger partial charge in [0.15, 0.2) is 0 Å². The molecule has 0 saturated heterocycles. The maximum absolute atomic E-state index is 13.5. The van der Waals surface area contributed by atoms with E-state index in [0.717, 1.165) is 57.9 Å². The summed E-state index contributed by atoms with van der Waals surface area (Å²) in [6.45, 7) is 12.4. The highest BCUT2D eigenvalue weighted by Gasteiger charge is 2.46. The van der Waals surface area contributed by atoms with Crippen molar-refractivity contribution in [2.75, 3.05) is 19.8 Å². The Morgan fingerprint density at radius 3 is 1.77 bits per heavy atom. The molecule has 0 saturated carbocycles. The zero-order chi connectivity index (χ0) is 16.9. The Bertz CT molecular complexity index is 298. The first kappa shape index (κ1) is 22.1. The summed E-state index contributed by atoms with van der Waals surface area (Å²) < 4.78 is 25.1. The van der Waals surface area contributed by atoms with Crippen LogP contribution in [0.1, 0.15) is 86.0 Å². The van der Waals surface area contributed by atoms with Crippen LogP contribution in [0.2, 0.25) is 0 Å². The van der Waals surface area contributed by atoms with Crippen LogP contribution < -0.4 is 5.32 Å². The number of nitrogens with one attached hydrogen (secondary N) is 1. The van der Waals surface area contributed by atoms with Crippen molar-refractivity contribution in [1.29, 1.82) is 0 Å². The third kappa shape index (κ3) is 7.59. The average Bonchev–Trinajstić information content (AvgIpc) is 2.48. The van der Waals surface area contributed by atoms with E-state index in [9.17, 15) is 4.57 Å². The molecular formula is C17H38NO3P. The van der Waals surface area contributed by atoms with Gasteiger partial charge in [-0.15, -0.1) is 0 Å². The molecule has 5 heteroatoms. The van der Waals surface area contributed by atoms with E-state index in [2.05, 4.69) is 33.0 Å². The van der Waals surface area contributed by atoms with E-state index in [4.69, 9.17) is 9.05 Å². The lowest BCUT2D eigenvalue weighted by molar-refractivity contribution is 0.169. The Labute approximate surface area is 138 Å². The Morgan fingerprint density at radius 2 is 1.36 bits per heavy atom. The monoisotopic (exact) mass is 335 g/mol. The maximum Gasteiger partial charge on any atom is 0.350 e. The second-order valence-electron chi connectivity index (χ2n) is 6.18. The van der Waals surface area contributed by atoms with Crippen molar-refractivity contribution in [3.8, 4) is 0 Å². The average molecular weight is 335 g/mol. The molecule has 0 aromatic carbocycles. The van der Waals surface area contributed by atoms with Gasteiger partial charge >= 0.3 is 7.60 Å². The highest BCUT2D eigenvalue weighted by atomic mass is 31.2. The van der Waals surface area contributed by atoms with Gasteiger partial charge in [0.2, 0.25) is 0 Å². The first-order chi connectivity index (χ1) is 10.5. The van der Waals surface area contributed by atoms with Gasteiger partial charge in [0.05, 0.1) is 13.2 Å². The van der Waals surface area contributed by atoms with Gasteiger partial charge < -0.3 is 14.4 Å². The van der Waals surface area contributed by atoms with E-state index in [1.54, 1.807) is 0 Å². The predicted molar refractivity (Wildman–Crippen MR) is 95.6 cm³/mol. The summed E-state index contributed by atoms with van der Waals surface area (Å²) in [6, 6.07) is 0. The number of hydrogen-bond donors (Lipinski definition) is 1. The smallest absolute Gasteiger partial charge is 0.307 e. The zero-order valence-electron chi connectivity index (χ0n) is 15.5. The molecule has 0 aliphatic rings. The van der Waals surface area contributed by atoms with Crippen molar-refractivity contribution < 1.29 is 13.6 Å². The van der Waals surface area contributed by atoms with Crippen LogP contribution in [0.4, 0.5) is 0 Å². The molecular weight excluding hydrogens is 297 g/mol. The molecule has 0 aromatic rings. The maximum atomic E-state index is 13.5. The number of rotatable bonds is 15. The van der Waals surface area contributed by atoms with Crippen LogP contribution >= 0.6 is 7.60 Å². The Hall–Kier alpha value is 0.110. The van der Waals surface area contributed by atoms with Gasteiger partial charge in [-0.3, -0.25) is 4.57 Å². The normalized spacial score (nSPS) is 15.0. The molecule has 1 atom stereocenters. The number of hydrogen-bond acceptors (Lipinski definition) is 4. The quantitative estimate of drug-likeness (QED) is 0.307. The van der Waals surface area contributed by atoms with Gasteiger partial charge in [0, 0.05) is 0 Å². The molecule has 1 N–H and O–H groups in total. The van der Waals surface area contributed by atoms with Crippen LogP contribution in [0.15, 0.2) is 0 Å². The van der Waals surface area contributed by atoms with Gasteiger partial charge in [-0.05, 0) is 39.2 Å². The Morgan fingerprint density at radius 1 is 0.864 bits per heavy atom. The van der Waals surface area contributed by atoms with Crippen LogP contribution in [-0.2, 0) is 13.6 Å². The molecule has 0 heterocycles. The van der Waals surface area contributed by atoms with Crippen molar-refractivity contribution in [1.82, 2.24) is 5.32 Å². The van der Waals surface area contributed by atoms with Gasteiger partial charge in [-0.1, -0.05) is 53.4 Å². The topological polar surface area (TPSA) is 47.6 Å². The zero-order valence-corrected chi connectivity index (χ0v) is 16.3. The summed E-state index contributed by atoms with van der Waals surface area (Å²) in [5, 5.41) is 2.89. The van der Waals surface area contributed by atoms with Crippen LogP contribution in [0, 0.1) is 0 Å². The minimum Gasteiger partial charge on any atom is -0.307 e. The van der Waals surface area contributed by atoms with Crippen LogP contribution in [-0.4, -0.2) is 25.0 Å². The Balaban J connectivity index is 5.01. The molecule has 0 bridgehead atoms. The van der Waals surface area contributed by atoms with Crippen molar-refractivity contribution >= 4 is 7.60 Å². The van der Waals surface area contributed by atoms with Crippen molar-refractivity contribution in [2.45, 2.75) is 91.3 Å². The first-order valence-electron chi connectivity index (χ1n) is 9.13. The summed E-state index contributed by atoms with van der Waals surface area (Å²) in [4.78, 5) is 0. The second-order valence-corrected chi connectivity index (χ2v) is 8.67. The third-order valence-corrected chi connectivity index (χ3v) is 6.53. The highest BCUT2D eigenvalue weighted by molar-refractivity contribution is 7.55. The molecule has 4 nitrogen and oxygen atoms in total. The summed E-state index contributed by atoms with van der Waals surface area (Å²) in [5.74, 6) is 0. The summed E-state index contributed by atoms with van der Waals surface area (Å²) >= 11 is 0. The van der Waals surface area contributed by atoms with E-state index in [-0.39, 0.29) is 0 Å². The lowest BCUT2D eigenvalue weighted by Crippen LogP contribution is -2.43. The van der Waals surface area contributed by atoms with Crippen LogP contribution in [0.5, 0.6) is 0 Å². The lowest BCUT2D eigenvalue weighted by Gasteiger charge is -2.37. The van der Waals surface area contributed by atoms with Gasteiger partial charge in [-0.2, -0.15) is 0 Å². The SMILES string of the molecule is CCCCNC(C)(CCC)P(=O)(OCCCC)OCCCC. The molecule has 134 valence electrons. The number of unbranched alkanes of at least 4 members (excludes halogenated alkanes) is 3.